The third kappa shape index (κ3) is 4.49. The standard InChI is InChI=1S/C21H25N3O2/c1-14(2)10-17(25)13-26-18-6-8-19-15(11-18)4-7-20(24-19)16-5-9-21(22-3)23-12-16/h4-9,11-12,14,17,25H,10,13H2,1-3H3,(H,22,23)/t17-/m1/s1. The van der Waals surface area contributed by atoms with Crippen molar-refractivity contribution in [1.82, 2.24) is 9.97 Å². The molecule has 0 unspecified atom stereocenters. The van der Waals surface area contributed by atoms with Crippen LogP contribution in [0.1, 0.15) is 20.3 Å². The number of aromatic nitrogens is 2. The highest BCUT2D eigenvalue weighted by Gasteiger charge is 2.09. The van der Waals surface area contributed by atoms with Crippen LogP contribution in [0.25, 0.3) is 22.2 Å². The molecule has 3 rings (SSSR count). The van der Waals surface area contributed by atoms with E-state index in [1.54, 1.807) is 0 Å². The van der Waals surface area contributed by atoms with Gasteiger partial charge < -0.3 is 15.2 Å². The van der Waals surface area contributed by atoms with Crippen LogP contribution in [0.5, 0.6) is 5.75 Å². The minimum Gasteiger partial charge on any atom is -0.491 e. The van der Waals surface area contributed by atoms with E-state index in [1.165, 1.54) is 0 Å². The highest BCUT2D eigenvalue weighted by molar-refractivity contribution is 5.82. The van der Waals surface area contributed by atoms with Gasteiger partial charge in [-0.05, 0) is 48.7 Å². The lowest BCUT2D eigenvalue weighted by Gasteiger charge is -2.14. The molecule has 1 atom stereocenters. The molecule has 0 spiro atoms. The molecule has 0 aliphatic rings. The van der Waals surface area contributed by atoms with E-state index in [4.69, 9.17) is 9.72 Å². The molecule has 0 aliphatic carbocycles. The molecule has 0 aliphatic heterocycles. The number of hydrogen-bond donors (Lipinski definition) is 2. The largest absolute Gasteiger partial charge is 0.491 e. The smallest absolute Gasteiger partial charge is 0.125 e. The summed E-state index contributed by atoms with van der Waals surface area (Å²) in [4.78, 5) is 9.05. The second-order valence-corrected chi connectivity index (χ2v) is 6.83. The molecule has 3 aromatic rings. The fourth-order valence-corrected chi connectivity index (χ4v) is 2.85. The number of nitrogens with one attached hydrogen (secondary N) is 1. The molecular weight excluding hydrogens is 326 g/mol. The summed E-state index contributed by atoms with van der Waals surface area (Å²) in [5.41, 5.74) is 2.76. The molecule has 1 aromatic carbocycles. The predicted octanol–water partition coefficient (Wildman–Crippen LogP) is 4.12. The average molecular weight is 351 g/mol. The lowest BCUT2D eigenvalue weighted by atomic mass is 10.1. The lowest BCUT2D eigenvalue weighted by molar-refractivity contribution is 0.0893. The Morgan fingerprint density at radius 3 is 2.65 bits per heavy atom. The van der Waals surface area contributed by atoms with Crippen molar-refractivity contribution in [2.75, 3.05) is 19.0 Å². The van der Waals surface area contributed by atoms with E-state index < -0.39 is 6.10 Å². The molecule has 136 valence electrons. The van der Waals surface area contributed by atoms with Crippen LogP contribution in [0.4, 0.5) is 5.82 Å². The predicted molar refractivity (Wildman–Crippen MR) is 105 cm³/mol. The Hall–Kier alpha value is -2.66. The SMILES string of the molecule is CNc1ccc(-c2ccc3cc(OC[C@H](O)CC(C)C)ccc3n2)cn1. The molecular formula is C21H25N3O2. The number of pyridine rings is 2. The molecule has 0 amide bonds. The van der Waals surface area contributed by atoms with Gasteiger partial charge in [0, 0.05) is 24.2 Å². The number of aliphatic hydroxyl groups excluding tert-OH is 1. The second-order valence-electron chi connectivity index (χ2n) is 6.83. The number of ether oxygens (including phenoxy) is 1. The van der Waals surface area contributed by atoms with Crippen molar-refractivity contribution < 1.29 is 9.84 Å². The van der Waals surface area contributed by atoms with E-state index in [2.05, 4.69) is 24.1 Å². The molecule has 2 N–H and O–H groups in total. The third-order valence-electron chi connectivity index (χ3n) is 4.16. The minimum atomic E-state index is -0.445. The number of nitrogens with zero attached hydrogens (tertiary/aromatic N) is 2. The number of aliphatic hydroxyl groups is 1. The topological polar surface area (TPSA) is 67.3 Å². The Kier molecular flexibility index (Phi) is 5.68. The molecule has 2 heterocycles. The fraction of sp³-hybridized carbons (Fsp3) is 0.333. The number of hydrogen-bond acceptors (Lipinski definition) is 5. The summed E-state index contributed by atoms with van der Waals surface area (Å²) in [5, 5.41) is 14.0. The normalized spacial score (nSPS) is 12.3. The Labute approximate surface area is 154 Å². The molecule has 2 aromatic heterocycles. The Bertz CT molecular complexity index is 863. The maximum Gasteiger partial charge on any atom is 0.125 e. The van der Waals surface area contributed by atoms with E-state index >= 15 is 0 Å². The van der Waals surface area contributed by atoms with Gasteiger partial charge >= 0.3 is 0 Å². The van der Waals surface area contributed by atoms with Crippen LogP contribution in [-0.2, 0) is 0 Å². The van der Waals surface area contributed by atoms with Crippen molar-refractivity contribution in [3.05, 3.63) is 48.7 Å². The molecule has 0 radical (unpaired) electrons. The van der Waals surface area contributed by atoms with Crippen molar-refractivity contribution in [3.63, 3.8) is 0 Å². The summed E-state index contributed by atoms with van der Waals surface area (Å²) in [6.07, 6.45) is 2.10. The zero-order valence-corrected chi connectivity index (χ0v) is 15.4. The van der Waals surface area contributed by atoms with Gasteiger partial charge in [0.25, 0.3) is 0 Å². The number of fused-ring (bicyclic) bond motifs is 1. The quantitative estimate of drug-likeness (QED) is 0.670. The molecule has 5 nitrogen and oxygen atoms in total. The van der Waals surface area contributed by atoms with Crippen molar-refractivity contribution in [1.29, 1.82) is 0 Å². The fourth-order valence-electron chi connectivity index (χ4n) is 2.85. The van der Waals surface area contributed by atoms with Gasteiger partial charge in [0.1, 0.15) is 18.2 Å². The lowest BCUT2D eigenvalue weighted by Crippen LogP contribution is -2.19. The number of benzene rings is 1. The summed E-state index contributed by atoms with van der Waals surface area (Å²) in [5.74, 6) is 2.02. The number of rotatable bonds is 7. The second kappa shape index (κ2) is 8.15. The number of anilines is 1. The van der Waals surface area contributed by atoms with Gasteiger partial charge in [-0.15, -0.1) is 0 Å². The van der Waals surface area contributed by atoms with Crippen molar-refractivity contribution in [2.24, 2.45) is 5.92 Å². The zero-order valence-electron chi connectivity index (χ0n) is 15.4. The van der Waals surface area contributed by atoms with Crippen molar-refractivity contribution in [3.8, 4) is 17.0 Å². The van der Waals surface area contributed by atoms with Gasteiger partial charge in [0.05, 0.1) is 17.3 Å². The molecule has 0 fully saturated rings. The Morgan fingerprint density at radius 1 is 1.12 bits per heavy atom. The van der Waals surface area contributed by atoms with Gasteiger partial charge in [0.2, 0.25) is 0 Å². The third-order valence-corrected chi connectivity index (χ3v) is 4.16. The Morgan fingerprint density at radius 2 is 1.96 bits per heavy atom. The zero-order chi connectivity index (χ0) is 18.5. The summed E-state index contributed by atoms with van der Waals surface area (Å²) < 4.78 is 5.72. The van der Waals surface area contributed by atoms with Gasteiger partial charge in [-0.25, -0.2) is 9.97 Å². The highest BCUT2D eigenvalue weighted by Crippen LogP contribution is 2.24. The molecule has 5 heteroatoms. The first kappa shape index (κ1) is 18.1. The van der Waals surface area contributed by atoms with Crippen molar-refractivity contribution >= 4 is 16.7 Å². The van der Waals surface area contributed by atoms with Crippen LogP contribution >= 0.6 is 0 Å². The van der Waals surface area contributed by atoms with Crippen LogP contribution in [0.2, 0.25) is 0 Å². The van der Waals surface area contributed by atoms with Crippen LogP contribution in [-0.4, -0.2) is 34.8 Å². The van der Waals surface area contributed by atoms with Crippen LogP contribution in [0.3, 0.4) is 0 Å². The Balaban J connectivity index is 1.75. The van der Waals surface area contributed by atoms with Gasteiger partial charge in [-0.3, -0.25) is 0 Å². The van der Waals surface area contributed by atoms with E-state index in [9.17, 15) is 5.11 Å². The van der Waals surface area contributed by atoms with E-state index in [1.807, 2.05) is 55.7 Å². The molecule has 0 bridgehead atoms. The monoisotopic (exact) mass is 351 g/mol. The average Bonchev–Trinajstić information content (AvgIpc) is 2.65. The summed E-state index contributed by atoms with van der Waals surface area (Å²) in [6.45, 7) is 4.48. The van der Waals surface area contributed by atoms with E-state index in [0.29, 0.717) is 12.5 Å². The van der Waals surface area contributed by atoms with Gasteiger partial charge in [0.15, 0.2) is 0 Å². The summed E-state index contributed by atoms with van der Waals surface area (Å²) in [7, 11) is 1.85. The first-order valence-electron chi connectivity index (χ1n) is 8.91. The van der Waals surface area contributed by atoms with E-state index in [0.717, 1.165) is 40.1 Å². The van der Waals surface area contributed by atoms with Crippen LogP contribution in [0, 0.1) is 5.92 Å². The maximum atomic E-state index is 9.95. The van der Waals surface area contributed by atoms with Gasteiger partial charge in [-0.2, -0.15) is 0 Å². The minimum absolute atomic E-state index is 0.304. The highest BCUT2D eigenvalue weighted by atomic mass is 16.5. The van der Waals surface area contributed by atoms with Crippen LogP contribution < -0.4 is 10.1 Å². The summed E-state index contributed by atoms with van der Waals surface area (Å²) in [6, 6.07) is 13.7. The molecule has 0 saturated heterocycles. The first-order valence-corrected chi connectivity index (χ1v) is 8.91. The molecule has 26 heavy (non-hydrogen) atoms. The molecule has 0 saturated carbocycles. The van der Waals surface area contributed by atoms with Crippen LogP contribution in [0.15, 0.2) is 48.7 Å². The maximum absolute atomic E-state index is 9.95. The van der Waals surface area contributed by atoms with Crippen molar-refractivity contribution in [2.45, 2.75) is 26.4 Å². The first-order chi connectivity index (χ1) is 12.5. The van der Waals surface area contributed by atoms with E-state index in [-0.39, 0.29) is 0 Å². The van der Waals surface area contributed by atoms with Gasteiger partial charge in [-0.1, -0.05) is 19.9 Å². The summed E-state index contributed by atoms with van der Waals surface area (Å²) >= 11 is 0.